The first-order valence-electron chi connectivity index (χ1n) is 6.50. The summed E-state index contributed by atoms with van der Waals surface area (Å²) < 4.78 is 6.68. The molecule has 1 rings (SSSR count). The monoisotopic (exact) mass is 312 g/mol. The SMILES string of the molecule is CCCOC(C(=O)CCC)c1ccc(C)cc1Br. The number of ketones is 1. The van der Waals surface area contributed by atoms with Crippen molar-refractivity contribution in [3.63, 3.8) is 0 Å². The highest BCUT2D eigenvalue weighted by atomic mass is 79.9. The Labute approximate surface area is 118 Å². The Bertz CT molecular complexity index is 401. The Kier molecular flexibility index (Phi) is 6.58. The van der Waals surface area contributed by atoms with Crippen LogP contribution >= 0.6 is 15.9 Å². The van der Waals surface area contributed by atoms with Gasteiger partial charge in [-0.05, 0) is 31.4 Å². The zero-order valence-corrected chi connectivity index (χ0v) is 12.9. The van der Waals surface area contributed by atoms with Crippen molar-refractivity contribution in [2.45, 2.75) is 46.1 Å². The van der Waals surface area contributed by atoms with Crippen LogP contribution in [0.5, 0.6) is 0 Å². The van der Waals surface area contributed by atoms with Gasteiger partial charge in [0.1, 0.15) is 6.10 Å². The summed E-state index contributed by atoms with van der Waals surface area (Å²) in [6.45, 7) is 6.70. The van der Waals surface area contributed by atoms with E-state index in [2.05, 4.69) is 15.9 Å². The van der Waals surface area contributed by atoms with Crippen LogP contribution in [-0.4, -0.2) is 12.4 Å². The molecule has 2 nitrogen and oxygen atoms in total. The molecule has 0 aromatic heterocycles. The summed E-state index contributed by atoms with van der Waals surface area (Å²) >= 11 is 3.53. The van der Waals surface area contributed by atoms with Crippen molar-refractivity contribution >= 4 is 21.7 Å². The standard InChI is InChI=1S/C15H21BrO2/c1-4-6-14(17)15(18-9-5-2)12-8-7-11(3)10-13(12)16/h7-8,10,15H,4-6,9H2,1-3H3. The fraction of sp³-hybridized carbons (Fsp3) is 0.533. The number of carbonyl (C=O) groups excluding carboxylic acids is 1. The first-order chi connectivity index (χ1) is 8.60. The van der Waals surface area contributed by atoms with Gasteiger partial charge in [0.2, 0.25) is 0 Å². The molecule has 0 amide bonds. The van der Waals surface area contributed by atoms with Crippen molar-refractivity contribution in [1.29, 1.82) is 0 Å². The lowest BCUT2D eigenvalue weighted by molar-refractivity contribution is -0.131. The molecule has 0 aliphatic heterocycles. The Morgan fingerprint density at radius 1 is 1.33 bits per heavy atom. The predicted molar refractivity (Wildman–Crippen MR) is 77.8 cm³/mol. The molecule has 0 spiro atoms. The second-order valence-electron chi connectivity index (χ2n) is 4.49. The molecule has 0 fully saturated rings. The number of rotatable bonds is 7. The molecular weight excluding hydrogens is 292 g/mol. The highest BCUT2D eigenvalue weighted by Gasteiger charge is 2.22. The molecule has 0 aliphatic carbocycles. The fourth-order valence-corrected chi connectivity index (χ4v) is 2.52. The summed E-state index contributed by atoms with van der Waals surface area (Å²) in [5.74, 6) is 0.163. The summed E-state index contributed by atoms with van der Waals surface area (Å²) in [5, 5.41) is 0. The number of benzene rings is 1. The summed E-state index contributed by atoms with van der Waals surface area (Å²) in [4.78, 5) is 12.1. The van der Waals surface area contributed by atoms with E-state index in [1.807, 2.05) is 39.0 Å². The lowest BCUT2D eigenvalue weighted by Gasteiger charge is -2.18. The van der Waals surface area contributed by atoms with Crippen LogP contribution in [0.4, 0.5) is 0 Å². The average molecular weight is 313 g/mol. The molecule has 1 unspecified atom stereocenters. The normalized spacial score (nSPS) is 12.4. The van der Waals surface area contributed by atoms with Gasteiger partial charge in [0.25, 0.3) is 0 Å². The van der Waals surface area contributed by atoms with Crippen molar-refractivity contribution in [2.75, 3.05) is 6.61 Å². The van der Waals surface area contributed by atoms with Gasteiger partial charge in [-0.1, -0.05) is 41.9 Å². The molecule has 100 valence electrons. The average Bonchev–Trinajstić information content (AvgIpc) is 2.32. The topological polar surface area (TPSA) is 26.3 Å². The van der Waals surface area contributed by atoms with Gasteiger partial charge in [-0.15, -0.1) is 0 Å². The summed E-state index contributed by atoms with van der Waals surface area (Å²) in [6.07, 6.45) is 1.91. The number of carbonyl (C=O) groups is 1. The Morgan fingerprint density at radius 3 is 2.61 bits per heavy atom. The van der Waals surface area contributed by atoms with E-state index in [0.717, 1.165) is 22.9 Å². The first kappa shape index (κ1) is 15.4. The van der Waals surface area contributed by atoms with Crippen molar-refractivity contribution in [2.24, 2.45) is 0 Å². The van der Waals surface area contributed by atoms with Crippen LogP contribution in [-0.2, 0) is 9.53 Å². The van der Waals surface area contributed by atoms with E-state index in [1.54, 1.807) is 0 Å². The molecule has 1 atom stereocenters. The van der Waals surface area contributed by atoms with E-state index in [-0.39, 0.29) is 5.78 Å². The first-order valence-corrected chi connectivity index (χ1v) is 7.29. The fourth-order valence-electron chi connectivity index (χ4n) is 1.81. The van der Waals surface area contributed by atoms with Crippen LogP contribution in [0.3, 0.4) is 0 Å². The molecule has 0 heterocycles. The van der Waals surface area contributed by atoms with Crippen molar-refractivity contribution in [3.8, 4) is 0 Å². The van der Waals surface area contributed by atoms with E-state index in [4.69, 9.17) is 4.74 Å². The van der Waals surface area contributed by atoms with Gasteiger partial charge >= 0.3 is 0 Å². The molecule has 0 saturated carbocycles. The molecule has 0 saturated heterocycles. The van der Waals surface area contributed by atoms with Gasteiger partial charge in [-0.3, -0.25) is 4.79 Å². The van der Waals surface area contributed by atoms with Crippen LogP contribution < -0.4 is 0 Å². The molecule has 0 radical (unpaired) electrons. The molecule has 0 N–H and O–H groups in total. The zero-order valence-electron chi connectivity index (χ0n) is 11.3. The third kappa shape index (κ3) is 4.21. The molecule has 0 bridgehead atoms. The van der Waals surface area contributed by atoms with Gasteiger partial charge in [-0.25, -0.2) is 0 Å². The van der Waals surface area contributed by atoms with Crippen molar-refractivity contribution < 1.29 is 9.53 Å². The summed E-state index contributed by atoms with van der Waals surface area (Å²) in [7, 11) is 0. The number of halogens is 1. The maximum Gasteiger partial charge on any atom is 0.166 e. The maximum absolute atomic E-state index is 12.1. The van der Waals surface area contributed by atoms with Gasteiger partial charge in [0, 0.05) is 23.1 Å². The minimum atomic E-state index is -0.431. The smallest absolute Gasteiger partial charge is 0.166 e. The number of hydrogen-bond acceptors (Lipinski definition) is 2. The Hall–Kier alpha value is -0.670. The van der Waals surface area contributed by atoms with Crippen LogP contribution in [0.1, 0.15) is 50.3 Å². The lowest BCUT2D eigenvalue weighted by atomic mass is 10.0. The molecule has 0 aliphatic rings. The van der Waals surface area contributed by atoms with Crippen molar-refractivity contribution in [3.05, 3.63) is 33.8 Å². The Morgan fingerprint density at radius 2 is 2.06 bits per heavy atom. The molecule has 18 heavy (non-hydrogen) atoms. The van der Waals surface area contributed by atoms with Crippen LogP contribution in [0, 0.1) is 6.92 Å². The molecule has 1 aromatic carbocycles. The van der Waals surface area contributed by atoms with Gasteiger partial charge in [0.05, 0.1) is 0 Å². The Balaban J connectivity index is 2.97. The van der Waals surface area contributed by atoms with Gasteiger partial charge in [0.15, 0.2) is 5.78 Å². The van der Waals surface area contributed by atoms with Crippen LogP contribution in [0.25, 0.3) is 0 Å². The highest BCUT2D eigenvalue weighted by Crippen LogP contribution is 2.29. The summed E-state index contributed by atoms with van der Waals surface area (Å²) in [6, 6.07) is 6.02. The van der Waals surface area contributed by atoms with Gasteiger partial charge < -0.3 is 4.74 Å². The van der Waals surface area contributed by atoms with E-state index < -0.39 is 6.10 Å². The number of Topliss-reactive ketones (excluding diaryl/α,β-unsaturated/α-hetero) is 1. The van der Waals surface area contributed by atoms with E-state index in [9.17, 15) is 4.79 Å². The molecular formula is C15H21BrO2. The molecule has 3 heteroatoms. The number of ether oxygens (including phenoxy) is 1. The van der Waals surface area contributed by atoms with E-state index in [1.165, 1.54) is 5.56 Å². The van der Waals surface area contributed by atoms with Crippen LogP contribution in [0.15, 0.2) is 22.7 Å². The number of hydrogen-bond donors (Lipinski definition) is 0. The second-order valence-corrected chi connectivity index (χ2v) is 5.35. The third-order valence-corrected chi connectivity index (χ3v) is 3.40. The minimum absolute atomic E-state index is 0.163. The van der Waals surface area contributed by atoms with E-state index >= 15 is 0 Å². The quantitative estimate of drug-likeness (QED) is 0.735. The zero-order chi connectivity index (χ0) is 13.5. The predicted octanol–water partition coefficient (Wildman–Crippen LogP) is 4.59. The van der Waals surface area contributed by atoms with E-state index in [0.29, 0.717) is 13.0 Å². The largest absolute Gasteiger partial charge is 0.366 e. The summed E-state index contributed by atoms with van der Waals surface area (Å²) in [5.41, 5.74) is 2.11. The van der Waals surface area contributed by atoms with Gasteiger partial charge in [-0.2, -0.15) is 0 Å². The third-order valence-electron chi connectivity index (χ3n) is 2.72. The number of aryl methyl sites for hydroxylation is 1. The highest BCUT2D eigenvalue weighted by molar-refractivity contribution is 9.10. The lowest BCUT2D eigenvalue weighted by Crippen LogP contribution is -2.17. The van der Waals surface area contributed by atoms with Crippen LogP contribution in [0.2, 0.25) is 0 Å². The second kappa shape index (κ2) is 7.70. The molecule has 1 aromatic rings. The minimum Gasteiger partial charge on any atom is -0.366 e. The maximum atomic E-state index is 12.1. The van der Waals surface area contributed by atoms with Crippen molar-refractivity contribution in [1.82, 2.24) is 0 Å².